The lowest BCUT2D eigenvalue weighted by Crippen LogP contribution is -2.27. The van der Waals surface area contributed by atoms with Crippen LogP contribution in [0.5, 0.6) is 0 Å². The maximum Gasteiger partial charge on any atom is 0.0813 e. The predicted octanol–water partition coefficient (Wildman–Crippen LogP) is 1.12. The van der Waals surface area contributed by atoms with E-state index in [1.54, 1.807) is 0 Å². The molecule has 1 atom stereocenters. The molecule has 0 aromatic rings. The highest BCUT2D eigenvalue weighted by atomic mass is 79.9. The Kier molecular flexibility index (Phi) is 1.31. The van der Waals surface area contributed by atoms with E-state index in [9.17, 15) is 0 Å². The minimum Gasteiger partial charge on any atom is -0.308 e. The Morgan fingerprint density at radius 1 is 1.88 bits per heavy atom. The first-order valence-electron chi connectivity index (χ1n) is 2.59. The molecule has 0 spiro atoms. The van der Waals surface area contributed by atoms with Crippen molar-refractivity contribution in [3.63, 3.8) is 0 Å². The second-order valence-corrected chi connectivity index (χ2v) is 3.98. The summed E-state index contributed by atoms with van der Waals surface area (Å²) in [5, 5.41) is 4.01. The molecule has 0 aromatic heterocycles. The van der Waals surface area contributed by atoms with Gasteiger partial charge in [0.2, 0.25) is 0 Å². The Bertz CT molecular complexity index is 128. The van der Waals surface area contributed by atoms with Crippen LogP contribution in [-0.2, 0) is 0 Å². The fraction of sp³-hybridized carbons (Fsp3) is 0.800. The lowest BCUT2D eigenvalue weighted by molar-refractivity contribution is 0.748. The third-order valence-corrected chi connectivity index (χ3v) is 2.27. The van der Waals surface area contributed by atoms with Crippen molar-refractivity contribution in [2.75, 3.05) is 6.54 Å². The molecule has 1 N–H and O–H groups in total. The van der Waals surface area contributed by atoms with Crippen molar-refractivity contribution in [1.29, 1.82) is 0 Å². The van der Waals surface area contributed by atoms with Gasteiger partial charge >= 0.3 is 0 Å². The van der Waals surface area contributed by atoms with E-state index in [1.807, 2.05) is 6.92 Å². The predicted molar refractivity (Wildman–Crippen MR) is 38.4 cm³/mol. The van der Waals surface area contributed by atoms with Gasteiger partial charge in [-0.3, -0.25) is 0 Å². The smallest absolute Gasteiger partial charge is 0.0813 e. The van der Waals surface area contributed by atoms with E-state index < -0.39 is 0 Å². The van der Waals surface area contributed by atoms with Crippen molar-refractivity contribution in [2.24, 2.45) is 5.10 Å². The van der Waals surface area contributed by atoms with Crippen molar-refractivity contribution in [2.45, 2.75) is 18.2 Å². The van der Waals surface area contributed by atoms with Crippen molar-refractivity contribution in [3.8, 4) is 0 Å². The van der Waals surface area contributed by atoms with E-state index in [0.29, 0.717) is 0 Å². The first kappa shape index (κ1) is 6.08. The molecule has 1 unspecified atom stereocenters. The molecule has 1 rings (SSSR count). The van der Waals surface area contributed by atoms with E-state index in [4.69, 9.17) is 0 Å². The first-order valence-corrected chi connectivity index (χ1v) is 3.39. The molecular weight excluding hydrogens is 168 g/mol. The van der Waals surface area contributed by atoms with Crippen molar-refractivity contribution in [3.05, 3.63) is 0 Å². The van der Waals surface area contributed by atoms with Gasteiger partial charge in [-0.2, -0.15) is 5.10 Å². The summed E-state index contributed by atoms with van der Waals surface area (Å²) in [6.45, 7) is 5.01. The van der Waals surface area contributed by atoms with E-state index in [-0.39, 0.29) is 4.32 Å². The molecule has 0 fully saturated rings. The Morgan fingerprint density at radius 2 is 2.50 bits per heavy atom. The zero-order valence-corrected chi connectivity index (χ0v) is 6.62. The third kappa shape index (κ3) is 0.869. The fourth-order valence-electron chi connectivity index (χ4n) is 0.551. The molecule has 3 heteroatoms. The maximum atomic E-state index is 4.01. The molecule has 0 bridgehead atoms. The quantitative estimate of drug-likeness (QED) is 0.551. The largest absolute Gasteiger partial charge is 0.308 e. The molecule has 1 aliphatic rings. The lowest BCUT2D eigenvalue weighted by atomic mass is 10.1. The number of nitrogens with zero attached hydrogens (tertiary/aromatic N) is 1. The molecule has 46 valence electrons. The summed E-state index contributed by atoms with van der Waals surface area (Å²) in [6.07, 6.45) is 0. The zero-order chi connectivity index (χ0) is 6.20. The number of hydrogen-bond donors (Lipinski definition) is 1. The monoisotopic (exact) mass is 176 g/mol. The summed E-state index contributed by atoms with van der Waals surface area (Å²) in [5.41, 5.74) is 4.03. The number of nitrogens with one attached hydrogen (secondary N) is 1. The normalized spacial score (nSPS) is 36.6. The average Bonchev–Trinajstić information content (AvgIpc) is 1.86. The number of hydrazone groups is 1. The van der Waals surface area contributed by atoms with Gasteiger partial charge in [0.05, 0.1) is 16.6 Å². The summed E-state index contributed by atoms with van der Waals surface area (Å²) < 4.78 is 0.104. The molecular formula is C5H9BrN2. The van der Waals surface area contributed by atoms with Gasteiger partial charge in [0.1, 0.15) is 0 Å². The van der Waals surface area contributed by atoms with Crippen LogP contribution in [0, 0.1) is 0 Å². The van der Waals surface area contributed by atoms with Crippen LogP contribution in [0.15, 0.2) is 5.10 Å². The van der Waals surface area contributed by atoms with Crippen molar-refractivity contribution >= 4 is 21.6 Å². The average molecular weight is 177 g/mol. The van der Waals surface area contributed by atoms with E-state index in [0.717, 1.165) is 12.3 Å². The lowest BCUT2D eigenvalue weighted by Gasteiger charge is -2.11. The van der Waals surface area contributed by atoms with E-state index in [2.05, 4.69) is 33.4 Å². The Labute approximate surface area is 57.5 Å². The summed E-state index contributed by atoms with van der Waals surface area (Å²) in [6, 6.07) is 0. The van der Waals surface area contributed by atoms with Crippen LogP contribution in [0.1, 0.15) is 13.8 Å². The van der Waals surface area contributed by atoms with Gasteiger partial charge < -0.3 is 5.43 Å². The van der Waals surface area contributed by atoms with Gasteiger partial charge in [-0.25, -0.2) is 0 Å². The molecule has 0 amide bonds. The molecule has 0 aliphatic carbocycles. The zero-order valence-electron chi connectivity index (χ0n) is 5.03. The van der Waals surface area contributed by atoms with Crippen molar-refractivity contribution < 1.29 is 0 Å². The number of alkyl halides is 1. The van der Waals surface area contributed by atoms with Crippen LogP contribution < -0.4 is 5.43 Å². The van der Waals surface area contributed by atoms with Gasteiger partial charge in [-0.1, -0.05) is 15.9 Å². The Hall–Kier alpha value is -0.0500. The van der Waals surface area contributed by atoms with Gasteiger partial charge in [0, 0.05) is 0 Å². The molecule has 0 aromatic carbocycles. The first-order chi connectivity index (χ1) is 3.63. The van der Waals surface area contributed by atoms with Crippen LogP contribution in [0.2, 0.25) is 0 Å². The SMILES string of the molecule is CC1=NNCC1(C)Br. The molecule has 1 aliphatic heterocycles. The van der Waals surface area contributed by atoms with Gasteiger partial charge in [-0.05, 0) is 13.8 Å². The second kappa shape index (κ2) is 1.72. The highest BCUT2D eigenvalue weighted by molar-refractivity contribution is 9.10. The molecule has 2 nitrogen and oxygen atoms in total. The van der Waals surface area contributed by atoms with E-state index >= 15 is 0 Å². The highest BCUT2D eigenvalue weighted by Crippen LogP contribution is 2.21. The van der Waals surface area contributed by atoms with Gasteiger partial charge in [0.15, 0.2) is 0 Å². The summed E-state index contributed by atoms with van der Waals surface area (Å²) >= 11 is 3.51. The van der Waals surface area contributed by atoms with Gasteiger partial charge in [-0.15, -0.1) is 0 Å². The number of rotatable bonds is 0. The maximum absolute atomic E-state index is 4.01. The molecule has 0 radical (unpaired) electrons. The molecule has 0 saturated heterocycles. The Morgan fingerprint density at radius 3 is 2.62 bits per heavy atom. The highest BCUT2D eigenvalue weighted by Gasteiger charge is 2.27. The topological polar surface area (TPSA) is 24.4 Å². The summed E-state index contributed by atoms with van der Waals surface area (Å²) in [4.78, 5) is 0. The van der Waals surface area contributed by atoms with Crippen LogP contribution in [0.4, 0.5) is 0 Å². The second-order valence-electron chi connectivity index (χ2n) is 2.23. The standard InChI is InChI=1S/C5H9BrN2/c1-4-5(2,6)3-7-8-4/h7H,3H2,1-2H3. The summed E-state index contributed by atoms with van der Waals surface area (Å²) in [5.74, 6) is 0. The van der Waals surface area contributed by atoms with Crippen LogP contribution >= 0.6 is 15.9 Å². The van der Waals surface area contributed by atoms with Gasteiger partial charge in [0.25, 0.3) is 0 Å². The summed E-state index contributed by atoms with van der Waals surface area (Å²) in [7, 11) is 0. The third-order valence-electron chi connectivity index (χ3n) is 1.41. The van der Waals surface area contributed by atoms with Crippen molar-refractivity contribution in [1.82, 2.24) is 5.43 Å². The number of halogens is 1. The van der Waals surface area contributed by atoms with Crippen LogP contribution in [-0.4, -0.2) is 16.6 Å². The molecule has 1 heterocycles. The molecule has 8 heavy (non-hydrogen) atoms. The van der Waals surface area contributed by atoms with E-state index in [1.165, 1.54) is 0 Å². The van der Waals surface area contributed by atoms with Crippen LogP contribution in [0.3, 0.4) is 0 Å². The minimum absolute atomic E-state index is 0.104. The Balaban J connectivity index is 2.73. The number of hydrogen-bond acceptors (Lipinski definition) is 2. The van der Waals surface area contributed by atoms with Crippen LogP contribution in [0.25, 0.3) is 0 Å². The fourth-order valence-corrected chi connectivity index (χ4v) is 0.765. The molecule has 0 saturated carbocycles. The minimum atomic E-state index is 0.104.